The van der Waals surface area contributed by atoms with Crippen molar-refractivity contribution < 1.29 is 13.2 Å². The molecular formula is C20H21NO3S. The lowest BCUT2D eigenvalue weighted by molar-refractivity contribution is -0.116. The quantitative estimate of drug-likeness (QED) is 0.833. The lowest BCUT2D eigenvalue weighted by Crippen LogP contribution is -2.16. The van der Waals surface area contributed by atoms with Crippen molar-refractivity contribution in [1.82, 2.24) is 0 Å². The summed E-state index contributed by atoms with van der Waals surface area (Å²) < 4.78 is 24.8. The lowest BCUT2D eigenvalue weighted by Gasteiger charge is -2.13. The van der Waals surface area contributed by atoms with Crippen LogP contribution in [0, 0.1) is 11.8 Å². The maximum atomic E-state index is 12.4. The Labute approximate surface area is 149 Å². The molecule has 0 saturated carbocycles. The minimum absolute atomic E-state index is 0.0424. The van der Waals surface area contributed by atoms with Gasteiger partial charge in [0.05, 0.1) is 16.3 Å². The fourth-order valence-corrected chi connectivity index (χ4v) is 3.34. The molecule has 0 saturated heterocycles. The first-order chi connectivity index (χ1) is 12.0. The SMILES string of the molecule is CCCC(=O)Nc1c(C#Cc2ccccc2)cccc1S(=O)(=O)CC. The summed E-state index contributed by atoms with van der Waals surface area (Å²) in [5.74, 6) is 5.73. The molecule has 0 atom stereocenters. The summed E-state index contributed by atoms with van der Waals surface area (Å²) in [6.45, 7) is 3.47. The van der Waals surface area contributed by atoms with Gasteiger partial charge in [0.2, 0.25) is 5.91 Å². The molecule has 0 radical (unpaired) electrons. The monoisotopic (exact) mass is 355 g/mol. The van der Waals surface area contributed by atoms with Gasteiger partial charge in [-0.2, -0.15) is 0 Å². The fraction of sp³-hybridized carbons (Fsp3) is 0.250. The number of carbonyl (C=O) groups is 1. The van der Waals surface area contributed by atoms with Gasteiger partial charge in [0.15, 0.2) is 9.84 Å². The number of nitrogens with one attached hydrogen (secondary N) is 1. The van der Waals surface area contributed by atoms with E-state index in [2.05, 4.69) is 17.2 Å². The summed E-state index contributed by atoms with van der Waals surface area (Å²) in [6, 6.07) is 14.3. The molecule has 0 aliphatic heterocycles. The van der Waals surface area contributed by atoms with Gasteiger partial charge in [-0.15, -0.1) is 0 Å². The molecule has 5 heteroatoms. The number of anilines is 1. The molecule has 25 heavy (non-hydrogen) atoms. The van der Waals surface area contributed by atoms with E-state index >= 15 is 0 Å². The molecule has 130 valence electrons. The molecule has 1 N–H and O–H groups in total. The first-order valence-electron chi connectivity index (χ1n) is 8.20. The zero-order valence-electron chi connectivity index (χ0n) is 14.4. The van der Waals surface area contributed by atoms with E-state index < -0.39 is 9.84 Å². The Morgan fingerprint density at radius 2 is 1.72 bits per heavy atom. The van der Waals surface area contributed by atoms with E-state index in [1.807, 2.05) is 37.3 Å². The first kappa shape index (κ1) is 18.8. The summed E-state index contributed by atoms with van der Waals surface area (Å²) >= 11 is 0. The van der Waals surface area contributed by atoms with Crippen molar-refractivity contribution in [3.05, 3.63) is 59.7 Å². The van der Waals surface area contributed by atoms with Gasteiger partial charge in [-0.25, -0.2) is 8.42 Å². The van der Waals surface area contributed by atoms with Crippen molar-refractivity contribution in [1.29, 1.82) is 0 Å². The van der Waals surface area contributed by atoms with Crippen LogP contribution >= 0.6 is 0 Å². The summed E-state index contributed by atoms with van der Waals surface area (Å²) in [5.41, 5.74) is 1.58. The molecule has 0 bridgehead atoms. The third kappa shape index (κ3) is 4.94. The van der Waals surface area contributed by atoms with Crippen LogP contribution < -0.4 is 5.32 Å². The average molecular weight is 355 g/mol. The smallest absolute Gasteiger partial charge is 0.224 e. The number of amides is 1. The molecular weight excluding hydrogens is 334 g/mol. The maximum absolute atomic E-state index is 12.4. The maximum Gasteiger partial charge on any atom is 0.224 e. The largest absolute Gasteiger partial charge is 0.324 e. The minimum atomic E-state index is -3.48. The summed E-state index contributed by atoms with van der Waals surface area (Å²) in [7, 11) is -3.48. The molecule has 0 unspecified atom stereocenters. The highest BCUT2D eigenvalue weighted by atomic mass is 32.2. The van der Waals surface area contributed by atoms with E-state index in [4.69, 9.17) is 0 Å². The Morgan fingerprint density at radius 3 is 2.36 bits per heavy atom. The van der Waals surface area contributed by atoms with Crippen LogP contribution in [0.25, 0.3) is 0 Å². The lowest BCUT2D eigenvalue weighted by atomic mass is 10.1. The molecule has 0 aliphatic carbocycles. The van der Waals surface area contributed by atoms with Gasteiger partial charge in [0.25, 0.3) is 0 Å². The van der Waals surface area contributed by atoms with Crippen molar-refractivity contribution >= 4 is 21.4 Å². The Kier molecular flexibility index (Phi) is 6.37. The molecule has 2 aromatic carbocycles. The van der Waals surface area contributed by atoms with E-state index in [0.717, 1.165) is 5.56 Å². The predicted molar refractivity (Wildman–Crippen MR) is 100 cm³/mol. The Morgan fingerprint density at radius 1 is 1.00 bits per heavy atom. The van der Waals surface area contributed by atoms with E-state index in [0.29, 0.717) is 18.4 Å². The zero-order chi connectivity index (χ0) is 18.3. The van der Waals surface area contributed by atoms with Crippen molar-refractivity contribution in [2.24, 2.45) is 0 Å². The molecule has 4 nitrogen and oxygen atoms in total. The summed E-state index contributed by atoms with van der Waals surface area (Å²) in [5, 5.41) is 2.74. The summed E-state index contributed by atoms with van der Waals surface area (Å²) in [4.78, 5) is 12.2. The van der Waals surface area contributed by atoms with Crippen LogP contribution in [0.15, 0.2) is 53.4 Å². The first-order valence-corrected chi connectivity index (χ1v) is 9.85. The number of para-hydroxylation sites is 1. The van der Waals surface area contributed by atoms with Crippen LogP contribution in [0.3, 0.4) is 0 Å². The second-order valence-corrected chi connectivity index (χ2v) is 7.74. The van der Waals surface area contributed by atoms with E-state index in [9.17, 15) is 13.2 Å². The van der Waals surface area contributed by atoms with Crippen LogP contribution in [0.5, 0.6) is 0 Å². The zero-order valence-corrected chi connectivity index (χ0v) is 15.2. The van der Waals surface area contributed by atoms with Crippen LogP contribution in [-0.2, 0) is 14.6 Å². The highest BCUT2D eigenvalue weighted by Crippen LogP contribution is 2.26. The number of carbonyl (C=O) groups excluding carboxylic acids is 1. The molecule has 2 rings (SSSR count). The van der Waals surface area contributed by atoms with Crippen molar-refractivity contribution in [3.63, 3.8) is 0 Å². The normalized spacial score (nSPS) is 10.6. The molecule has 1 amide bonds. The molecule has 0 heterocycles. The Bertz CT molecular complexity index is 907. The van der Waals surface area contributed by atoms with Crippen LogP contribution in [0.4, 0.5) is 5.69 Å². The number of sulfone groups is 1. The number of benzene rings is 2. The molecule has 2 aromatic rings. The second kappa shape index (κ2) is 8.50. The van der Waals surface area contributed by atoms with Gasteiger partial charge >= 0.3 is 0 Å². The molecule has 0 aliphatic rings. The van der Waals surface area contributed by atoms with Gasteiger partial charge in [0, 0.05) is 17.5 Å². The van der Waals surface area contributed by atoms with Gasteiger partial charge in [-0.05, 0) is 30.7 Å². The van der Waals surface area contributed by atoms with Crippen molar-refractivity contribution in [3.8, 4) is 11.8 Å². The minimum Gasteiger partial charge on any atom is -0.324 e. The average Bonchev–Trinajstić information content (AvgIpc) is 2.61. The third-order valence-electron chi connectivity index (χ3n) is 3.60. The van der Waals surface area contributed by atoms with E-state index in [1.165, 1.54) is 6.07 Å². The summed E-state index contributed by atoms with van der Waals surface area (Å²) in [6.07, 6.45) is 1.01. The fourth-order valence-electron chi connectivity index (χ4n) is 2.27. The Balaban J connectivity index is 2.54. The standard InChI is InChI=1S/C20H21NO3S/c1-3-9-19(22)21-20-17(15-14-16-10-6-5-7-11-16)12-8-13-18(20)25(23,24)4-2/h5-8,10-13H,3-4,9H2,1-2H3,(H,21,22). The molecule has 0 fully saturated rings. The van der Waals surface area contributed by atoms with Crippen LogP contribution in [0.2, 0.25) is 0 Å². The third-order valence-corrected chi connectivity index (χ3v) is 5.37. The number of rotatable bonds is 5. The topological polar surface area (TPSA) is 63.2 Å². The van der Waals surface area contributed by atoms with Crippen molar-refractivity contribution in [2.45, 2.75) is 31.6 Å². The highest BCUT2D eigenvalue weighted by Gasteiger charge is 2.20. The van der Waals surface area contributed by atoms with Gasteiger partial charge in [-0.3, -0.25) is 4.79 Å². The van der Waals surface area contributed by atoms with Crippen LogP contribution in [-0.4, -0.2) is 20.1 Å². The number of hydrogen-bond acceptors (Lipinski definition) is 3. The Hall–Kier alpha value is -2.58. The van der Waals surface area contributed by atoms with E-state index in [-0.39, 0.29) is 22.2 Å². The molecule has 0 aromatic heterocycles. The highest BCUT2D eigenvalue weighted by molar-refractivity contribution is 7.91. The van der Waals surface area contributed by atoms with Gasteiger partial charge in [0.1, 0.15) is 0 Å². The second-order valence-electron chi connectivity index (χ2n) is 5.50. The van der Waals surface area contributed by atoms with Crippen molar-refractivity contribution in [2.75, 3.05) is 11.1 Å². The van der Waals surface area contributed by atoms with Gasteiger partial charge in [-0.1, -0.05) is 50.0 Å². The predicted octanol–water partition coefficient (Wildman–Crippen LogP) is 3.62. The van der Waals surface area contributed by atoms with E-state index in [1.54, 1.807) is 19.1 Å². The molecule has 0 spiro atoms. The van der Waals surface area contributed by atoms with Gasteiger partial charge < -0.3 is 5.32 Å². The van der Waals surface area contributed by atoms with Crippen LogP contribution in [0.1, 0.15) is 37.8 Å². The number of hydrogen-bond donors (Lipinski definition) is 1.